The molecule has 0 aliphatic rings. The van der Waals surface area contributed by atoms with Gasteiger partial charge in [-0.2, -0.15) is 13.2 Å². The predicted octanol–water partition coefficient (Wildman–Crippen LogP) is 4.23. The van der Waals surface area contributed by atoms with E-state index in [1.165, 1.54) is 24.4 Å². The van der Waals surface area contributed by atoms with Gasteiger partial charge in [-0.05, 0) is 18.2 Å². The van der Waals surface area contributed by atoms with Crippen LogP contribution in [-0.4, -0.2) is 11.3 Å². The average Bonchev–Trinajstić information content (AvgIpc) is 2.38. The number of hydrogen-bond donors (Lipinski definition) is 0. The van der Waals surface area contributed by atoms with Gasteiger partial charge >= 0.3 is 6.18 Å². The van der Waals surface area contributed by atoms with Gasteiger partial charge < -0.3 is 0 Å². The smallest absolute Gasteiger partial charge is 0.298 e. The van der Waals surface area contributed by atoms with Crippen LogP contribution in [0.1, 0.15) is 15.9 Å². The Morgan fingerprint density at radius 3 is 2.58 bits per heavy atom. The first-order valence-electron chi connectivity index (χ1n) is 5.21. The molecule has 0 bridgehead atoms. The Bertz CT molecular complexity index is 626. The highest BCUT2D eigenvalue weighted by Crippen LogP contribution is 2.34. The fourth-order valence-corrected chi connectivity index (χ4v) is 1.86. The highest BCUT2D eigenvalue weighted by molar-refractivity contribution is 6.35. The number of rotatable bonds is 2. The molecule has 0 aliphatic carbocycles. The van der Waals surface area contributed by atoms with Crippen molar-refractivity contribution in [2.24, 2.45) is 0 Å². The van der Waals surface area contributed by atoms with Crippen LogP contribution >= 0.6 is 11.6 Å². The summed E-state index contributed by atoms with van der Waals surface area (Å²) < 4.78 is 37.9. The summed E-state index contributed by atoms with van der Waals surface area (Å²) in [4.78, 5) is 14.7. The number of halogens is 4. The third-order valence-corrected chi connectivity index (χ3v) is 2.91. The molecule has 0 spiro atoms. The molecule has 98 valence electrons. The van der Waals surface area contributed by atoms with Crippen molar-refractivity contribution in [3.8, 4) is 11.3 Å². The number of benzene rings is 1. The lowest BCUT2D eigenvalue weighted by Crippen LogP contribution is -2.04. The molecule has 0 amide bonds. The summed E-state index contributed by atoms with van der Waals surface area (Å²) in [6.45, 7) is 0. The zero-order chi connectivity index (χ0) is 14.0. The quantitative estimate of drug-likeness (QED) is 0.773. The number of nitrogens with zero attached hydrogens (tertiary/aromatic N) is 1. The molecule has 0 atom stereocenters. The molecule has 0 N–H and O–H groups in total. The fourth-order valence-electron chi connectivity index (χ4n) is 1.59. The van der Waals surface area contributed by atoms with Crippen molar-refractivity contribution in [1.29, 1.82) is 0 Å². The average molecular weight is 286 g/mol. The van der Waals surface area contributed by atoms with Gasteiger partial charge in [0.25, 0.3) is 0 Å². The number of carbonyl (C=O) groups is 1. The minimum absolute atomic E-state index is 0.0387. The number of hydrogen-bond acceptors (Lipinski definition) is 2. The lowest BCUT2D eigenvalue weighted by molar-refractivity contribution is -0.137. The minimum atomic E-state index is -4.44. The van der Waals surface area contributed by atoms with Crippen molar-refractivity contribution in [3.63, 3.8) is 0 Å². The lowest BCUT2D eigenvalue weighted by atomic mass is 10.1. The van der Waals surface area contributed by atoms with E-state index in [2.05, 4.69) is 4.98 Å². The Balaban J connectivity index is 2.57. The number of aromatic nitrogens is 1. The molecule has 2 rings (SSSR count). The third-order valence-electron chi connectivity index (χ3n) is 2.51. The van der Waals surface area contributed by atoms with E-state index in [0.29, 0.717) is 6.29 Å². The summed E-state index contributed by atoms with van der Waals surface area (Å²) in [6.07, 6.45) is -2.59. The van der Waals surface area contributed by atoms with Crippen LogP contribution in [0.15, 0.2) is 36.5 Å². The van der Waals surface area contributed by atoms with Crippen molar-refractivity contribution in [2.45, 2.75) is 6.18 Å². The number of alkyl halides is 3. The SMILES string of the molecule is O=Cc1ccnc(-c2cccc(C(F)(F)F)c2)c1Cl. The zero-order valence-corrected chi connectivity index (χ0v) is 10.2. The second kappa shape index (κ2) is 5.01. The van der Waals surface area contributed by atoms with Crippen molar-refractivity contribution in [3.05, 3.63) is 52.7 Å². The van der Waals surface area contributed by atoms with Crippen LogP contribution in [0.2, 0.25) is 5.02 Å². The second-order valence-corrected chi connectivity index (χ2v) is 4.14. The molecule has 6 heteroatoms. The Kier molecular flexibility index (Phi) is 3.57. The van der Waals surface area contributed by atoms with Crippen LogP contribution < -0.4 is 0 Å². The van der Waals surface area contributed by atoms with Crippen LogP contribution in [0.4, 0.5) is 13.2 Å². The van der Waals surface area contributed by atoms with Gasteiger partial charge in [-0.1, -0.05) is 23.7 Å². The Labute approximate surface area is 111 Å². The maximum absolute atomic E-state index is 12.6. The number of aldehydes is 1. The zero-order valence-electron chi connectivity index (χ0n) is 9.41. The highest BCUT2D eigenvalue weighted by atomic mass is 35.5. The first kappa shape index (κ1) is 13.5. The van der Waals surface area contributed by atoms with Crippen LogP contribution in [0.5, 0.6) is 0 Å². The molecule has 2 nitrogen and oxygen atoms in total. The fraction of sp³-hybridized carbons (Fsp3) is 0.0769. The molecule has 0 saturated heterocycles. The summed E-state index contributed by atoms with van der Waals surface area (Å²) in [5.74, 6) is 0. The highest BCUT2D eigenvalue weighted by Gasteiger charge is 2.30. The molecular weight excluding hydrogens is 279 g/mol. The normalized spacial score (nSPS) is 11.4. The largest absolute Gasteiger partial charge is 0.416 e. The van der Waals surface area contributed by atoms with Crippen LogP contribution in [-0.2, 0) is 6.18 Å². The maximum atomic E-state index is 12.6. The van der Waals surface area contributed by atoms with Gasteiger partial charge in [-0.3, -0.25) is 9.78 Å². The molecule has 0 aliphatic heterocycles. The second-order valence-electron chi connectivity index (χ2n) is 3.76. The monoisotopic (exact) mass is 285 g/mol. The summed E-state index contributed by atoms with van der Waals surface area (Å²) in [6, 6.07) is 6.03. The van der Waals surface area contributed by atoms with E-state index in [4.69, 9.17) is 11.6 Å². The molecule has 1 aromatic carbocycles. The number of pyridine rings is 1. The molecule has 0 unspecified atom stereocenters. The molecule has 19 heavy (non-hydrogen) atoms. The number of carbonyl (C=O) groups excluding carboxylic acids is 1. The van der Waals surface area contributed by atoms with Gasteiger partial charge in [0.1, 0.15) is 0 Å². The van der Waals surface area contributed by atoms with Gasteiger partial charge in [0.05, 0.1) is 16.3 Å². The molecule has 2 aromatic rings. The predicted molar refractivity (Wildman–Crippen MR) is 65.1 cm³/mol. The van der Waals surface area contributed by atoms with Crippen LogP contribution in [0, 0.1) is 0 Å². The molecular formula is C13H7ClF3NO. The minimum Gasteiger partial charge on any atom is -0.298 e. The van der Waals surface area contributed by atoms with Crippen LogP contribution in [0.25, 0.3) is 11.3 Å². The van der Waals surface area contributed by atoms with E-state index in [1.807, 2.05) is 0 Å². The van der Waals surface area contributed by atoms with E-state index >= 15 is 0 Å². The lowest BCUT2D eigenvalue weighted by Gasteiger charge is -2.09. The molecule has 0 saturated carbocycles. The van der Waals surface area contributed by atoms with Crippen molar-refractivity contribution in [1.82, 2.24) is 4.98 Å². The van der Waals surface area contributed by atoms with E-state index < -0.39 is 11.7 Å². The summed E-state index contributed by atoms with van der Waals surface area (Å²) in [5, 5.41) is 0.0387. The van der Waals surface area contributed by atoms with Crippen molar-refractivity contribution < 1.29 is 18.0 Å². The standard InChI is InChI=1S/C13H7ClF3NO/c14-11-9(7-19)4-5-18-12(11)8-2-1-3-10(6-8)13(15,16)17/h1-7H. The van der Waals surface area contributed by atoms with Crippen molar-refractivity contribution in [2.75, 3.05) is 0 Å². The first-order valence-corrected chi connectivity index (χ1v) is 5.58. The Morgan fingerprint density at radius 1 is 1.21 bits per heavy atom. The van der Waals surface area contributed by atoms with Gasteiger partial charge in [-0.15, -0.1) is 0 Å². The van der Waals surface area contributed by atoms with Crippen molar-refractivity contribution >= 4 is 17.9 Å². The summed E-state index contributed by atoms with van der Waals surface area (Å²) in [7, 11) is 0. The van der Waals surface area contributed by atoms with Crippen LogP contribution in [0.3, 0.4) is 0 Å². The van der Waals surface area contributed by atoms with E-state index in [-0.39, 0.29) is 21.8 Å². The summed E-state index contributed by atoms with van der Waals surface area (Å²) in [5.41, 5.74) is -0.246. The molecule has 1 aromatic heterocycles. The molecule has 0 radical (unpaired) electrons. The van der Waals surface area contributed by atoms with E-state index in [9.17, 15) is 18.0 Å². The Morgan fingerprint density at radius 2 is 1.95 bits per heavy atom. The first-order chi connectivity index (χ1) is 8.93. The summed E-state index contributed by atoms with van der Waals surface area (Å²) >= 11 is 5.94. The van der Waals surface area contributed by atoms with Gasteiger partial charge in [0, 0.05) is 17.3 Å². The van der Waals surface area contributed by atoms with Gasteiger partial charge in [0.2, 0.25) is 0 Å². The van der Waals surface area contributed by atoms with E-state index in [1.54, 1.807) is 0 Å². The van der Waals surface area contributed by atoms with Gasteiger partial charge in [-0.25, -0.2) is 0 Å². The Hall–Kier alpha value is -1.88. The topological polar surface area (TPSA) is 30.0 Å². The van der Waals surface area contributed by atoms with Gasteiger partial charge in [0.15, 0.2) is 6.29 Å². The molecule has 0 fully saturated rings. The van der Waals surface area contributed by atoms with E-state index in [0.717, 1.165) is 12.1 Å². The molecule has 1 heterocycles. The third kappa shape index (κ3) is 2.76. The maximum Gasteiger partial charge on any atom is 0.416 e.